The molecule has 0 heterocycles. The third-order valence-corrected chi connectivity index (χ3v) is 8.67. The molecule has 8 aromatic rings. The van der Waals surface area contributed by atoms with E-state index in [1.54, 1.807) is 0 Å². The highest BCUT2D eigenvalue weighted by Crippen LogP contribution is 2.46. The molecule has 0 saturated carbocycles. The van der Waals surface area contributed by atoms with E-state index in [1.165, 1.54) is 77.2 Å². The average molecular weight is 559 g/mol. The summed E-state index contributed by atoms with van der Waals surface area (Å²) >= 11 is 0. The summed E-state index contributed by atoms with van der Waals surface area (Å²) in [4.78, 5) is 0. The number of hydrogen-bond donors (Lipinski definition) is 0. The maximum Gasteiger partial charge on any atom is -0.00261 e. The van der Waals surface area contributed by atoms with Gasteiger partial charge in [0.25, 0.3) is 0 Å². The van der Waals surface area contributed by atoms with E-state index < -0.39 is 0 Å². The zero-order valence-electron chi connectivity index (χ0n) is 24.3. The quantitative estimate of drug-likeness (QED) is 0.184. The van der Waals surface area contributed by atoms with Crippen LogP contribution in [0.4, 0.5) is 0 Å². The van der Waals surface area contributed by atoms with Crippen LogP contribution in [0.25, 0.3) is 77.2 Å². The first-order valence-corrected chi connectivity index (χ1v) is 15.2. The van der Waals surface area contributed by atoms with E-state index in [9.17, 15) is 0 Å². The van der Waals surface area contributed by atoms with Crippen LogP contribution in [0.3, 0.4) is 0 Å². The van der Waals surface area contributed by atoms with Gasteiger partial charge in [-0.3, -0.25) is 0 Å². The Morgan fingerprint density at radius 1 is 0.182 bits per heavy atom. The summed E-state index contributed by atoms with van der Waals surface area (Å²) < 4.78 is 0. The standard InChI is InChI=1S/C44H30/c1-5-13-31(14-6-1)34-21-23-36(24-22-34)44-40-28-26-37(32-15-7-2-8-16-32)29-41(40)43(35-19-11-4-12-20-35)39-27-25-38(30-42(39)44)33-17-9-3-10-18-33/h1-30H. The second kappa shape index (κ2) is 11.2. The third-order valence-electron chi connectivity index (χ3n) is 8.67. The van der Waals surface area contributed by atoms with Crippen molar-refractivity contribution in [2.24, 2.45) is 0 Å². The lowest BCUT2D eigenvalue weighted by molar-refractivity contribution is 1.60. The fourth-order valence-electron chi connectivity index (χ4n) is 6.54. The minimum absolute atomic E-state index is 1.22. The summed E-state index contributed by atoms with van der Waals surface area (Å²) in [5.74, 6) is 0. The van der Waals surface area contributed by atoms with Gasteiger partial charge in [0.05, 0.1) is 0 Å². The van der Waals surface area contributed by atoms with Crippen molar-refractivity contribution in [3.05, 3.63) is 182 Å². The zero-order valence-corrected chi connectivity index (χ0v) is 24.3. The number of rotatable bonds is 5. The summed E-state index contributed by atoms with van der Waals surface area (Å²) in [6, 6.07) is 66.0. The van der Waals surface area contributed by atoms with Gasteiger partial charge in [-0.15, -0.1) is 0 Å². The first kappa shape index (κ1) is 25.9. The fraction of sp³-hybridized carbons (Fsp3) is 0. The minimum atomic E-state index is 1.22. The molecular weight excluding hydrogens is 528 g/mol. The van der Waals surface area contributed by atoms with Crippen LogP contribution >= 0.6 is 0 Å². The van der Waals surface area contributed by atoms with Crippen molar-refractivity contribution in [1.82, 2.24) is 0 Å². The lowest BCUT2D eigenvalue weighted by Gasteiger charge is -2.20. The molecule has 0 radical (unpaired) electrons. The maximum absolute atomic E-state index is 2.39. The Kier molecular flexibility index (Phi) is 6.59. The van der Waals surface area contributed by atoms with Crippen molar-refractivity contribution in [2.75, 3.05) is 0 Å². The Bertz CT molecular complexity index is 2210. The molecule has 8 rings (SSSR count). The van der Waals surface area contributed by atoms with Gasteiger partial charge >= 0.3 is 0 Å². The Morgan fingerprint density at radius 2 is 0.455 bits per heavy atom. The molecule has 0 unspecified atom stereocenters. The molecular formula is C44H30. The van der Waals surface area contributed by atoms with Gasteiger partial charge < -0.3 is 0 Å². The third kappa shape index (κ3) is 4.68. The van der Waals surface area contributed by atoms with E-state index in [0.717, 1.165) is 0 Å². The van der Waals surface area contributed by atoms with E-state index in [2.05, 4.69) is 182 Å². The SMILES string of the molecule is c1ccc(-c2ccc(-c3c4ccc(-c5ccccc5)cc4c(-c4ccccc4)c4ccc(-c5ccccc5)cc34)cc2)cc1. The van der Waals surface area contributed by atoms with Crippen LogP contribution in [0.5, 0.6) is 0 Å². The van der Waals surface area contributed by atoms with Gasteiger partial charge in [-0.25, -0.2) is 0 Å². The molecule has 0 heteroatoms. The van der Waals surface area contributed by atoms with Crippen LogP contribution in [-0.4, -0.2) is 0 Å². The normalized spacial score (nSPS) is 11.2. The molecule has 0 spiro atoms. The first-order valence-electron chi connectivity index (χ1n) is 15.2. The summed E-state index contributed by atoms with van der Waals surface area (Å²) in [7, 11) is 0. The van der Waals surface area contributed by atoms with Gasteiger partial charge in [0.1, 0.15) is 0 Å². The second-order valence-corrected chi connectivity index (χ2v) is 11.3. The number of fused-ring (bicyclic) bond motifs is 2. The summed E-state index contributed by atoms with van der Waals surface area (Å²) in [5, 5.41) is 5.04. The van der Waals surface area contributed by atoms with Crippen LogP contribution in [0.2, 0.25) is 0 Å². The monoisotopic (exact) mass is 558 g/mol. The smallest absolute Gasteiger partial charge is 0.00261 e. The Labute approximate surface area is 258 Å². The molecule has 0 aromatic heterocycles. The molecule has 8 aromatic carbocycles. The van der Waals surface area contributed by atoms with E-state index in [0.29, 0.717) is 0 Å². The van der Waals surface area contributed by atoms with Gasteiger partial charge in [-0.2, -0.15) is 0 Å². The zero-order chi connectivity index (χ0) is 29.3. The molecule has 0 aliphatic heterocycles. The largest absolute Gasteiger partial charge is 0.0622 e. The van der Waals surface area contributed by atoms with E-state index in [1.807, 2.05) is 0 Å². The van der Waals surface area contributed by atoms with E-state index in [4.69, 9.17) is 0 Å². The molecule has 0 aliphatic carbocycles. The Morgan fingerprint density at radius 3 is 0.864 bits per heavy atom. The summed E-state index contributed by atoms with van der Waals surface area (Å²) in [6.07, 6.45) is 0. The molecule has 0 saturated heterocycles. The highest BCUT2D eigenvalue weighted by atomic mass is 14.2. The van der Waals surface area contributed by atoms with Crippen molar-refractivity contribution in [3.63, 3.8) is 0 Å². The number of hydrogen-bond acceptors (Lipinski definition) is 0. The predicted octanol–water partition coefficient (Wildman–Crippen LogP) is 12.3. The minimum Gasteiger partial charge on any atom is -0.0622 e. The Balaban J connectivity index is 1.46. The average Bonchev–Trinajstić information content (AvgIpc) is 3.12. The highest BCUT2D eigenvalue weighted by Gasteiger charge is 2.18. The molecule has 0 fully saturated rings. The predicted molar refractivity (Wildman–Crippen MR) is 189 cm³/mol. The molecule has 0 atom stereocenters. The van der Waals surface area contributed by atoms with Gasteiger partial charge in [0.2, 0.25) is 0 Å². The highest BCUT2D eigenvalue weighted by molar-refractivity contribution is 6.22. The van der Waals surface area contributed by atoms with Crippen LogP contribution < -0.4 is 0 Å². The maximum atomic E-state index is 2.39. The molecule has 0 bridgehead atoms. The van der Waals surface area contributed by atoms with Gasteiger partial charge in [0, 0.05) is 0 Å². The van der Waals surface area contributed by atoms with E-state index in [-0.39, 0.29) is 0 Å². The molecule has 206 valence electrons. The molecule has 0 nitrogen and oxygen atoms in total. The Hall–Kier alpha value is -5.72. The summed E-state index contributed by atoms with van der Waals surface area (Å²) in [5.41, 5.74) is 12.3. The van der Waals surface area contributed by atoms with E-state index >= 15 is 0 Å². The van der Waals surface area contributed by atoms with Crippen LogP contribution in [0.15, 0.2) is 182 Å². The van der Waals surface area contributed by atoms with Crippen LogP contribution in [-0.2, 0) is 0 Å². The van der Waals surface area contributed by atoms with Crippen molar-refractivity contribution in [1.29, 1.82) is 0 Å². The molecule has 44 heavy (non-hydrogen) atoms. The molecule has 0 aliphatic rings. The van der Waals surface area contributed by atoms with Gasteiger partial charge in [-0.05, 0) is 89.3 Å². The van der Waals surface area contributed by atoms with Gasteiger partial charge in [-0.1, -0.05) is 170 Å². The molecule has 0 N–H and O–H groups in total. The van der Waals surface area contributed by atoms with Gasteiger partial charge in [0.15, 0.2) is 0 Å². The lowest BCUT2D eigenvalue weighted by atomic mass is 9.83. The fourth-order valence-corrected chi connectivity index (χ4v) is 6.54. The second-order valence-electron chi connectivity index (χ2n) is 11.3. The van der Waals surface area contributed by atoms with Crippen molar-refractivity contribution < 1.29 is 0 Å². The van der Waals surface area contributed by atoms with Crippen LogP contribution in [0, 0.1) is 0 Å². The van der Waals surface area contributed by atoms with Crippen LogP contribution in [0.1, 0.15) is 0 Å². The lowest BCUT2D eigenvalue weighted by Crippen LogP contribution is -1.93. The molecule has 0 amide bonds. The topological polar surface area (TPSA) is 0 Å². The van der Waals surface area contributed by atoms with Crippen molar-refractivity contribution in [3.8, 4) is 55.6 Å². The van der Waals surface area contributed by atoms with Crippen molar-refractivity contribution in [2.45, 2.75) is 0 Å². The number of benzene rings is 8. The summed E-state index contributed by atoms with van der Waals surface area (Å²) in [6.45, 7) is 0. The van der Waals surface area contributed by atoms with Crippen molar-refractivity contribution >= 4 is 21.5 Å². The first-order chi connectivity index (χ1) is 21.8.